The number of rotatable bonds is 5. The Bertz CT molecular complexity index is 1200. The molecule has 1 amide bonds. The maximum atomic E-state index is 13.1. The molecule has 1 N–H and O–H groups in total. The summed E-state index contributed by atoms with van der Waals surface area (Å²) in [7, 11) is 5.36. The van der Waals surface area contributed by atoms with Crippen molar-refractivity contribution in [2.45, 2.75) is 6.04 Å². The van der Waals surface area contributed by atoms with Gasteiger partial charge in [0, 0.05) is 31.0 Å². The normalized spacial score (nSPS) is 17.6. The van der Waals surface area contributed by atoms with Crippen molar-refractivity contribution in [3.63, 3.8) is 0 Å². The molecule has 1 unspecified atom stereocenters. The zero-order chi connectivity index (χ0) is 23.0. The number of ketones is 1. The van der Waals surface area contributed by atoms with Gasteiger partial charge in [-0.2, -0.15) is 0 Å². The summed E-state index contributed by atoms with van der Waals surface area (Å²) in [5.41, 5.74) is 1.80. The summed E-state index contributed by atoms with van der Waals surface area (Å²) >= 11 is 3.39. The van der Waals surface area contributed by atoms with E-state index in [0.29, 0.717) is 27.2 Å². The average Bonchev–Trinajstić information content (AvgIpc) is 3.40. The summed E-state index contributed by atoms with van der Waals surface area (Å²) in [6, 6.07) is 14.6. The molecule has 1 saturated heterocycles. The average molecular weight is 497 g/mol. The van der Waals surface area contributed by atoms with Crippen molar-refractivity contribution in [1.82, 2.24) is 0 Å². The number of furan rings is 1. The monoisotopic (exact) mass is 496 g/mol. The van der Waals surface area contributed by atoms with E-state index in [-0.39, 0.29) is 11.3 Å². The Labute approximate surface area is 193 Å². The van der Waals surface area contributed by atoms with E-state index in [2.05, 4.69) is 15.9 Å². The smallest absolute Gasteiger partial charge is 0.300 e. The summed E-state index contributed by atoms with van der Waals surface area (Å²) in [6.07, 6.45) is 1.47. The molecule has 2 aromatic carbocycles. The minimum absolute atomic E-state index is 0.0429. The highest BCUT2D eigenvalue weighted by molar-refractivity contribution is 9.10. The SMILES string of the molecule is COc1ccc(/C(O)=C2/C(=O)C(=O)N(c3ccc(N(C)C)cc3)C2c2ccco2)cc1Br. The van der Waals surface area contributed by atoms with E-state index < -0.39 is 17.7 Å². The molecule has 0 bridgehead atoms. The van der Waals surface area contributed by atoms with Crippen LogP contribution in [0.5, 0.6) is 5.75 Å². The number of nitrogens with zero attached hydrogens (tertiary/aromatic N) is 2. The minimum atomic E-state index is -0.906. The molecule has 2 heterocycles. The maximum Gasteiger partial charge on any atom is 0.300 e. The van der Waals surface area contributed by atoms with Crippen molar-refractivity contribution < 1.29 is 23.8 Å². The van der Waals surface area contributed by atoms with Gasteiger partial charge in [0.15, 0.2) is 0 Å². The van der Waals surface area contributed by atoms with E-state index in [4.69, 9.17) is 9.15 Å². The van der Waals surface area contributed by atoms with E-state index in [1.165, 1.54) is 18.3 Å². The molecule has 1 atom stereocenters. The van der Waals surface area contributed by atoms with Crippen LogP contribution in [0.3, 0.4) is 0 Å². The second-order valence-electron chi connectivity index (χ2n) is 7.44. The van der Waals surface area contributed by atoms with Crippen molar-refractivity contribution in [3.05, 3.63) is 82.2 Å². The Hall–Kier alpha value is -3.52. The van der Waals surface area contributed by atoms with Crippen molar-refractivity contribution >= 4 is 44.8 Å². The van der Waals surface area contributed by atoms with Crippen molar-refractivity contribution in [2.24, 2.45) is 0 Å². The number of Topliss-reactive ketones (excluding diaryl/α,β-unsaturated/α-hetero) is 1. The molecule has 0 saturated carbocycles. The van der Waals surface area contributed by atoms with Crippen LogP contribution in [-0.4, -0.2) is 38.0 Å². The van der Waals surface area contributed by atoms with Gasteiger partial charge >= 0.3 is 0 Å². The second kappa shape index (κ2) is 8.55. The molecule has 3 aromatic rings. The minimum Gasteiger partial charge on any atom is -0.507 e. The highest BCUT2D eigenvalue weighted by atomic mass is 79.9. The number of methoxy groups -OCH3 is 1. The first-order valence-corrected chi connectivity index (χ1v) is 10.6. The summed E-state index contributed by atoms with van der Waals surface area (Å²) in [6.45, 7) is 0. The Balaban J connectivity index is 1.87. The number of benzene rings is 2. The van der Waals surface area contributed by atoms with Crippen LogP contribution < -0.4 is 14.5 Å². The van der Waals surface area contributed by atoms with E-state index >= 15 is 0 Å². The lowest BCUT2D eigenvalue weighted by Gasteiger charge is -2.24. The van der Waals surface area contributed by atoms with Crippen LogP contribution in [0.4, 0.5) is 11.4 Å². The van der Waals surface area contributed by atoms with Crippen LogP contribution >= 0.6 is 15.9 Å². The first kappa shape index (κ1) is 21.7. The third-order valence-electron chi connectivity index (χ3n) is 5.33. The lowest BCUT2D eigenvalue weighted by atomic mass is 9.99. The second-order valence-corrected chi connectivity index (χ2v) is 8.30. The number of halogens is 1. The molecular formula is C24H21BrN2O5. The van der Waals surface area contributed by atoms with Gasteiger partial charge < -0.3 is 19.2 Å². The molecule has 32 heavy (non-hydrogen) atoms. The number of amides is 1. The highest BCUT2D eigenvalue weighted by Crippen LogP contribution is 2.43. The van der Waals surface area contributed by atoms with Gasteiger partial charge in [-0.3, -0.25) is 14.5 Å². The van der Waals surface area contributed by atoms with Gasteiger partial charge in [-0.25, -0.2) is 0 Å². The number of carbonyl (C=O) groups is 2. The molecule has 1 aromatic heterocycles. The van der Waals surface area contributed by atoms with Crippen LogP contribution in [0, 0.1) is 0 Å². The number of aliphatic hydroxyl groups is 1. The number of carbonyl (C=O) groups excluding carboxylic acids is 2. The fourth-order valence-electron chi connectivity index (χ4n) is 3.70. The summed E-state index contributed by atoms with van der Waals surface area (Å²) in [4.78, 5) is 29.5. The molecule has 0 spiro atoms. The van der Waals surface area contributed by atoms with Gasteiger partial charge in [0.25, 0.3) is 11.7 Å². The maximum absolute atomic E-state index is 13.1. The van der Waals surface area contributed by atoms with Crippen LogP contribution in [0.1, 0.15) is 17.4 Å². The van der Waals surface area contributed by atoms with Crippen molar-refractivity contribution in [3.8, 4) is 5.75 Å². The van der Waals surface area contributed by atoms with Crippen LogP contribution in [0.15, 0.2) is 75.3 Å². The summed E-state index contributed by atoms with van der Waals surface area (Å²) in [5.74, 6) is -0.869. The van der Waals surface area contributed by atoms with Gasteiger partial charge in [0.05, 0.1) is 23.4 Å². The predicted molar refractivity (Wildman–Crippen MR) is 125 cm³/mol. The Morgan fingerprint density at radius 1 is 1.12 bits per heavy atom. The molecule has 0 radical (unpaired) electrons. The number of aliphatic hydroxyl groups excluding tert-OH is 1. The zero-order valence-electron chi connectivity index (χ0n) is 17.7. The van der Waals surface area contributed by atoms with Crippen LogP contribution in [0.2, 0.25) is 0 Å². The molecule has 164 valence electrons. The number of hydrogen-bond acceptors (Lipinski definition) is 6. The number of anilines is 2. The predicted octanol–water partition coefficient (Wildman–Crippen LogP) is 4.74. The van der Waals surface area contributed by atoms with E-state index in [1.807, 2.05) is 31.1 Å². The Kier molecular flexibility index (Phi) is 5.80. The molecule has 8 heteroatoms. The van der Waals surface area contributed by atoms with Crippen LogP contribution in [-0.2, 0) is 9.59 Å². The summed E-state index contributed by atoms with van der Waals surface area (Å²) in [5, 5.41) is 11.1. The largest absolute Gasteiger partial charge is 0.507 e. The van der Waals surface area contributed by atoms with Crippen molar-refractivity contribution in [1.29, 1.82) is 0 Å². The first-order valence-electron chi connectivity index (χ1n) is 9.79. The third kappa shape index (κ3) is 3.67. The molecule has 1 aliphatic heterocycles. The van der Waals surface area contributed by atoms with E-state index in [1.54, 1.807) is 42.5 Å². The van der Waals surface area contributed by atoms with Crippen LogP contribution in [0.25, 0.3) is 5.76 Å². The zero-order valence-corrected chi connectivity index (χ0v) is 19.3. The topological polar surface area (TPSA) is 83.2 Å². The molecule has 1 aliphatic rings. The third-order valence-corrected chi connectivity index (χ3v) is 5.95. The fraction of sp³-hybridized carbons (Fsp3) is 0.167. The quantitative estimate of drug-likeness (QED) is 0.312. The van der Waals surface area contributed by atoms with Gasteiger partial charge in [0.2, 0.25) is 0 Å². The van der Waals surface area contributed by atoms with Gasteiger partial charge in [-0.05, 0) is 70.5 Å². The molecule has 4 rings (SSSR count). The van der Waals surface area contributed by atoms with Gasteiger partial charge in [-0.1, -0.05) is 0 Å². The molecular weight excluding hydrogens is 476 g/mol. The highest BCUT2D eigenvalue weighted by Gasteiger charge is 2.48. The molecule has 7 nitrogen and oxygen atoms in total. The molecule has 1 fully saturated rings. The lowest BCUT2D eigenvalue weighted by Crippen LogP contribution is -2.29. The van der Waals surface area contributed by atoms with Gasteiger partial charge in [-0.15, -0.1) is 0 Å². The molecule has 0 aliphatic carbocycles. The number of hydrogen-bond donors (Lipinski definition) is 1. The van der Waals surface area contributed by atoms with Gasteiger partial charge in [0.1, 0.15) is 23.3 Å². The van der Waals surface area contributed by atoms with Crippen molar-refractivity contribution in [2.75, 3.05) is 31.0 Å². The summed E-state index contributed by atoms with van der Waals surface area (Å²) < 4.78 is 11.4. The standard InChI is InChI=1S/C24H21BrN2O5/c1-26(2)15-7-9-16(10-8-15)27-21(19-5-4-12-32-19)20(23(29)24(27)30)22(28)14-6-11-18(31-3)17(25)13-14/h4-13,21,28H,1-3H3/b22-20-. The fourth-order valence-corrected chi connectivity index (χ4v) is 4.24. The Morgan fingerprint density at radius 2 is 1.84 bits per heavy atom. The first-order chi connectivity index (χ1) is 15.3. The Morgan fingerprint density at radius 3 is 2.41 bits per heavy atom. The van der Waals surface area contributed by atoms with E-state index in [9.17, 15) is 14.7 Å². The lowest BCUT2D eigenvalue weighted by molar-refractivity contribution is -0.132. The van der Waals surface area contributed by atoms with E-state index in [0.717, 1.165) is 5.69 Å². The number of ether oxygens (including phenoxy) is 1.